The Morgan fingerprint density at radius 1 is 1.12 bits per heavy atom. The van der Waals surface area contributed by atoms with E-state index in [-0.39, 0.29) is 5.91 Å². The second kappa shape index (κ2) is 7.00. The molecule has 0 aliphatic heterocycles. The summed E-state index contributed by atoms with van der Waals surface area (Å²) in [6, 6.07) is 16.9. The maximum atomic E-state index is 12.3. The quantitative estimate of drug-likeness (QED) is 0.785. The number of aromatic nitrogens is 2. The van der Waals surface area contributed by atoms with Gasteiger partial charge >= 0.3 is 0 Å². The lowest BCUT2D eigenvalue weighted by Gasteiger charge is -2.10. The van der Waals surface area contributed by atoms with Gasteiger partial charge in [0.05, 0.1) is 12.8 Å². The van der Waals surface area contributed by atoms with Gasteiger partial charge in [0.15, 0.2) is 0 Å². The fourth-order valence-corrected chi connectivity index (χ4v) is 2.52. The maximum Gasteiger partial charge on any atom is 0.251 e. The second-order valence-corrected chi connectivity index (χ2v) is 5.43. The van der Waals surface area contributed by atoms with Crippen LogP contribution in [0.15, 0.2) is 60.8 Å². The molecule has 0 saturated heterocycles. The Balaban J connectivity index is 1.68. The van der Waals surface area contributed by atoms with Crippen LogP contribution in [0.5, 0.6) is 5.75 Å². The highest BCUT2D eigenvalue weighted by Crippen LogP contribution is 2.17. The minimum Gasteiger partial charge on any atom is -0.496 e. The van der Waals surface area contributed by atoms with Crippen LogP contribution in [0.2, 0.25) is 0 Å². The van der Waals surface area contributed by atoms with Gasteiger partial charge in [-0.05, 0) is 43.3 Å². The fourth-order valence-electron chi connectivity index (χ4n) is 2.52. The molecule has 0 aliphatic rings. The topological polar surface area (TPSA) is 56.1 Å². The van der Waals surface area contributed by atoms with Crippen LogP contribution in [-0.4, -0.2) is 22.8 Å². The van der Waals surface area contributed by atoms with Gasteiger partial charge in [0.1, 0.15) is 5.75 Å². The van der Waals surface area contributed by atoms with Crippen molar-refractivity contribution in [3.63, 3.8) is 0 Å². The standard InChI is InChI=1S/C19H19N3O2/c1-14-11-12-21-22(14)17-9-7-15(8-10-17)19(23)20-13-16-5-3-4-6-18(16)24-2/h3-12H,13H2,1-2H3,(H,20,23). The van der Waals surface area contributed by atoms with E-state index in [9.17, 15) is 4.79 Å². The third-order valence-electron chi connectivity index (χ3n) is 3.84. The Bertz CT molecular complexity index is 838. The number of nitrogens with one attached hydrogen (secondary N) is 1. The lowest BCUT2D eigenvalue weighted by atomic mass is 10.1. The number of carbonyl (C=O) groups is 1. The summed E-state index contributed by atoms with van der Waals surface area (Å²) in [6.07, 6.45) is 1.75. The zero-order chi connectivity index (χ0) is 16.9. The normalized spacial score (nSPS) is 10.4. The maximum absolute atomic E-state index is 12.3. The largest absolute Gasteiger partial charge is 0.496 e. The van der Waals surface area contributed by atoms with Crippen LogP contribution < -0.4 is 10.1 Å². The molecule has 1 heterocycles. The molecule has 3 rings (SSSR count). The van der Waals surface area contributed by atoms with E-state index in [1.165, 1.54) is 0 Å². The van der Waals surface area contributed by atoms with Crippen molar-refractivity contribution < 1.29 is 9.53 Å². The van der Waals surface area contributed by atoms with E-state index in [1.54, 1.807) is 25.4 Å². The highest BCUT2D eigenvalue weighted by Gasteiger charge is 2.08. The van der Waals surface area contributed by atoms with Crippen LogP contribution in [0.4, 0.5) is 0 Å². The summed E-state index contributed by atoms with van der Waals surface area (Å²) >= 11 is 0. The van der Waals surface area contributed by atoms with E-state index in [2.05, 4.69) is 10.4 Å². The summed E-state index contributed by atoms with van der Waals surface area (Å²) in [6.45, 7) is 2.41. The number of carbonyl (C=O) groups excluding carboxylic acids is 1. The average molecular weight is 321 g/mol. The van der Waals surface area contributed by atoms with Crippen LogP contribution in [0.25, 0.3) is 5.69 Å². The third-order valence-corrected chi connectivity index (χ3v) is 3.84. The van der Waals surface area contributed by atoms with Crippen molar-refractivity contribution in [2.45, 2.75) is 13.5 Å². The predicted octanol–water partition coefficient (Wildman–Crippen LogP) is 3.12. The van der Waals surface area contributed by atoms with Crippen LogP contribution in [0.1, 0.15) is 21.6 Å². The molecule has 122 valence electrons. The zero-order valence-electron chi connectivity index (χ0n) is 13.7. The zero-order valence-corrected chi connectivity index (χ0v) is 13.7. The van der Waals surface area contributed by atoms with E-state index in [1.807, 2.05) is 54.1 Å². The van der Waals surface area contributed by atoms with Crippen LogP contribution in [-0.2, 0) is 6.54 Å². The molecule has 0 bridgehead atoms. The number of rotatable bonds is 5. The average Bonchev–Trinajstić information content (AvgIpc) is 3.06. The molecule has 0 atom stereocenters. The van der Waals surface area contributed by atoms with Gasteiger partial charge in [-0.15, -0.1) is 0 Å². The van der Waals surface area contributed by atoms with Gasteiger partial charge in [0.25, 0.3) is 5.91 Å². The van der Waals surface area contributed by atoms with E-state index in [4.69, 9.17) is 4.74 Å². The minimum atomic E-state index is -0.121. The van der Waals surface area contributed by atoms with Gasteiger partial charge in [-0.25, -0.2) is 4.68 Å². The second-order valence-electron chi connectivity index (χ2n) is 5.43. The molecule has 0 radical (unpaired) electrons. The number of ether oxygens (including phenoxy) is 1. The lowest BCUT2D eigenvalue weighted by Crippen LogP contribution is -2.23. The number of hydrogen-bond acceptors (Lipinski definition) is 3. The summed E-state index contributed by atoms with van der Waals surface area (Å²) in [5.41, 5.74) is 3.53. The summed E-state index contributed by atoms with van der Waals surface area (Å²) < 4.78 is 7.12. The first kappa shape index (κ1) is 15.8. The molecular weight excluding hydrogens is 302 g/mol. The molecule has 0 fully saturated rings. The van der Waals surface area contributed by atoms with E-state index in [0.717, 1.165) is 22.7 Å². The SMILES string of the molecule is COc1ccccc1CNC(=O)c1ccc(-n2nccc2C)cc1. The summed E-state index contributed by atoms with van der Waals surface area (Å²) in [5.74, 6) is 0.645. The highest BCUT2D eigenvalue weighted by molar-refractivity contribution is 5.94. The Labute approximate surface area is 140 Å². The van der Waals surface area contributed by atoms with Crippen molar-refractivity contribution in [3.8, 4) is 11.4 Å². The Hall–Kier alpha value is -3.08. The fraction of sp³-hybridized carbons (Fsp3) is 0.158. The molecule has 5 heteroatoms. The van der Waals surface area contributed by atoms with Crippen molar-refractivity contribution in [2.75, 3.05) is 7.11 Å². The number of methoxy groups -OCH3 is 1. The van der Waals surface area contributed by atoms with Crippen molar-refractivity contribution in [1.29, 1.82) is 0 Å². The van der Waals surface area contributed by atoms with E-state index in [0.29, 0.717) is 12.1 Å². The first-order chi connectivity index (χ1) is 11.7. The number of amides is 1. The van der Waals surface area contributed by atoms with Crippen molar-refractivity contribution in [3.05, 3.63) is 77.6 Å². The summed E-state index contributed by atoms with van der Waals surface area (Å²) in [4.78, 5) is 12.3. The first-order valence-corrected chi connectivity index (χ1v) is 7.70. The van der Waals surface area contributed by atoms with E-state index < -0.39 is 0 Å². The molecule has 1 N–H and O–H groups in total. The van der Waals surface area contributed by atoms with Gasteiger partial charge in [-0.2, -0.15) is 5.10 Å². The van der Waals surface area contributed by atoms with Crippen molar-refractivity contribution in [2.24, 2.45) is 0 Å². The lowest BCUT2D eigenvalue weighted by molar-refractivity contribution is 0.0950. The van der Waals surface area contributed by atoms with Gasteiger partial charge < -0.3 is 10.1 Å². The number of benzene rings is 2. The van der Waals surface area contributed by atoms with Crippen molar-refractivity contribution >= 4 is 5.91 Å². The molecule has 24 heavy (non-hydrogen) atoms. The van der Waals surface area contributed by atoms with Gasteiger partial charge in [-0.1, -0.05) is 18.2 Å². The van der Waals surface area contributed by atoms with Crippen molar-refractivity contribution in [1.82, 2.24) is 15.1 Å². The summed E-state index contributed by atoms with van der Waals surface area (Å²) in [7, 11) is 1.62. The molecule has 0 aliphatic carbocycles. The molecule has 2 aromatic carbocycles. The van der Waals surface area contributed by atoms with Gasteiger partial charge in [-0.3, -0.25) is 4.79 Å². The monoisotopic (exact) mass is 321 g/mol. The first-order valence-electron chi connectivity index (χ1n) is 7.70. The molecule has 1 aromatic heterocycles. The number of nitrogens with zero attached hydrogens (tertiary/aromatic N) is 2. The molecular formula is C19H19N3O2. The molecule has 0 spiro atoms. The van der Waals surface area contributed by atoms with E-state index >= 15 is 0 Å². The van der Waals surface area contributed by atoms with Crippen LogP contribution in [0.3, 0.4) is 0 Å². The van der Waals surface area contributed by atoms with Crippen LogP contribution >= 0.6 is 0 Å². The third kappa shape index (κ3) is 3.30. The van der Waals surface area contributed by atoms with Gasteiger partial charge in [0.2, 0.25) is 0 Å². The Morgan fingerprint density at radius 3 is 2.54 bits per heavy atom. The number of aryl methyl sites for hydroxylation is 1. The molecule has 0 unspecified atom stereocenters. The Kier molecular flexibility index (Phi) is 4.61. The van der Waals surface area contributed by atoms with Gasteiger partial charge in [0, 0.05) is 29.6 Å². The smallest absolute Gasteiger partial charge is 0.251 e. The minimum absolute atomic E-state index is 0.121. The molecule has 1 amide bonds. The number of para-hydroxylation sites is 1. The van der Waals surface area contributed by atoms with Crippen LogP contribution in [0, 0.1) is 6.92 Å². The number of hydrogen-bond donors (Lipinski definition) is 1. The Morgan fingerprint density at radius 2 is 1.88 bits per heavy atom. The summed E-state index contributed by atoms with van der Waals surface area (Å²) in [5, 5.41) is 7.17. The molecule has 5 nitrogen and oxygen atoms in total. The molecule has 3 aromatic rings. The molecule has 0 saturated carbocycles. The predicted molar refractivity (Wildman–Crippen MR) is 92.5 cm³/mol. The highest BCUT2D eigenvalue weighted by atomic mass is 16.5.